The van der Waals surface area contributed by atoms with Crippen LogP contribution < -0.4 is 5.32 Å². The molecule has 0 atom stereocenters. The fourth-order valence-electron chi connectivity index (χ4n) is 1.32. The predicted octanol–water partition coefficient (Wildman–Crippen LogP) is 2.10. The Labute approximate surface area is 91.1 Å². The summed E-state index contributed by atoms with van der Waals surface area (Å²) in [6, 6.07) is 7.94. The fraction of sp³-hybridized carbons (Fsp3) is 0.417. The molecule has 82 valence electrons. The SMILES string of the molecule is CCN(C)Cc1ccc(NC(C)=O)cc1. The molecule has 0 heterocycles. The van der Waals surface area contributed by atoms with Crippen molar-refractivity contribution >= 4 is 11.6 Å². The molecule has 0 aliphatic rings. The molecule has 0 saturated carbocycles. The summed E-state index contributed by atoms with van der Waals surface area (Å²) in [4.78, 5) is 13.0. The second-order valence-corrected chi connectivity index (χ2v) is 3.71. The van der Waals surface area contributed by atoms with Crippen molar-refractivity contribution in [2.24, 2.45) is 0 Å². The van der Waals surface area contributed by atoms with Crippen LogP contribution in [0.5, 0.6) is 0 Å². The highest BCUT2D eigenvalue weighted by Gasteiger charge is 1.98. The average molecular weight is 206 g/mol. The third-order valence-electron chi connectivity index (χ3n) is 2.27. The van der Waals surface area contributed by atoms with Gasteiger partial charge in [-0.05, 0) is 31.3 Å². The van der Waals surface area contributed by atoms with E-state index in [4.69, 9.17) is 0 Å². The van der Waals surface area contributed by atoms with Crippen LogP contribution in [-0.2, 0) is 11.3 Å². The lowest BCUT2D eigenvalue weighted by molar-refractivity contribution is -0.114. The summed E-state index contributed by atoms with van der Waals surface area (Å²) < 4.78 is 0. The van der Waals surface area contributed by atoms with Crippen LogP contribution in [0, 0.1) is 0 Å². The maximum atomic E-state index is 10.8. The molecule has 0 saturated heterocycles. The zero-order valence-corrected chi connectivity index (χ0v) is 9.58. The van der Waals surface area contributed by atoms with E-state index in [1.807, 2.05) is 24.3 Å². The predicted molar refractivity (Wildman–Crippen MR) is 62.8 cm³/mol. The van der Waals surface area contributed by atoms with E-state index >= 15 is 0 Å². The Balaban J connectivity index is 2.60. The molecule has 0 radical (unpaired) electrons. The minimum absolute atomic E-state index is 0.0339. The highest BCUT2D eigenvalue weighted by molar-refractivity contribution is 5.88. The average Bonchev–Trinajstić information content (AvgIpc) is 2.20. The van der Waals surface area contributed by atoms with Crippen LogP contribution in [-0.4, -0.2) is 24.4 Å². The first kappa shape index (κ1) is 11.7. The number of amides is 1. The first-order chi connectivity index (χ1) is 7.11. The summed E-state index contributed by atoms with van der Waals surface area (Å²) in [5.74, 6) is -0.0339. The second kappa shape index (κ2) is 5.51. The standard InChI is InChI=1S/C12H18N2O/c1-4-14(3)9-11-5-7-12(8-6-11)13-10(2)15/h5-8H,4,9H2,1-3H3,(H,13,15). The summed E-state index contributed by atoms with van der Waals surface area (Å²) >= 11 is 0. The number of carbonyl (C=O) groups excluding carboxylic acids is 1. The summed E-state index contributed by atoms with van der Waals surface area (Å²) in [5.41, 5.74) is 2.11. The molecule has 0 fully saturated rings. The highest BCUT2D eigenvalue weighted by Crippen LogP contribution is 2.10. The van der Waals surface area contributed by atoms with Crippen molar-refractivity contribution in [3.63, 3.8) is 0 Å². The Morgan fingerprint density at radius 1 is 1.33 bits per heavy atom. The fourth-order valence-corrected chi connectivity index (χ4v) is 1.32. The molecule has 1 N–H and O–H groups in total. The summed E-state index contributed by atoms with van der Waals surface area (Å²) in [7, 11) is 2.09. The molecular formula is C12H18N2O. The number of nitrogens with zero attached hydrogens (tertiary/aromatic N) is 1. The van der Waals surface area contributed by atoms with Crippen LogP contribution in [0.4, 0.5) is 5.69 Å². The van der Waals surface area contributed by atoms with Gasteiger partial charge in [-0.25, -0.2) is 0 Å². The van der Waals surface area contributed by atoms with Gasteiger partial charge in [0, 0.05) is 19.2 Å². The highest BCUT2D eigenvalue weighted by atomic mass is 16.1. The van der Waals surface area contributed by atoms with E-state index in [0.29, 0.717) is 0 Å². The largest absolute Gasteiger partial charge is 0.326 e. The maximum absolute atomic E-state index is 10.8. The summed E-state index contributed by atoms with van der Waals surface area (Å²) in [6.07, 6.45) is 0. The van der Waals surface area contributed by atoms with Crippen molar-refractivity contribution < 1.29 is 4.79 Å². The topological polar surface area (TPSA) is 32.3 Å². The number of benzene rings is 1. The molecule has 15 heavy (non-hydrogen) atoms. The molecule has 0 bridgehead atoms. The Kier molecular flexibility index (Phi) is 4.31. The van der Waals surface area contributed by atoms with E-state index in [9.17, 15) is 4.79 Å². The monoisotopic (exact) mass is 206 g/mol. The summed E-state index contributed by atoms with van der Waals surface area (Å²) in [5, 5.41) is 2.75. The molecule has 1 aromatic carbocycles. The minimum atomic E-state index is -0.0339. The van der Waals surface area contributed by atoms with Gasteiger partial charge in [-0.15, -0.1) is 0 Å². The molecule has 1 aromatic rings. The smallest absolute Gasteiger partial charge is 0.221 e. The lowest BCUT2D eigenvalue weighted by Gasteiger charge is -2.13. The zero-order valence-electron chi connectivity index (χ0n) is 9.58. The lowest BCUT2D eigenvalue weighted by atomic mass is 10.2. The third kappa shape index (κ3) is 4.13. The van der Waals surface area contributed by atoms with Crippen molar-refractivity contribution in [1.29, 1.82) is 0 Å². The Morgan fingerprint density at radius 3 is 2.40 bits per heavy atom. The molecule has 0 spiro atoms. The van der Waals surface area contributed by atoms with E-state index in [1.165, 1.54) is 12.5 Å². The van der Waals surface area contributed by atoms with Crippen LogP contribution in [0.25, 0.3) is 0 Å². The van der Waals surface area contributed by atoms with Crippen molar-refractivity contribution in [3.8, 4) is 0 Å². The van der Waals surface area contributed by atoms with Gasteiger partial charge in [0.2, 0.25) is 5.91 Å². The van der Waals surface area contributed by atoms with Crippen molar-refractivity contribution in [2.45, 2.75) is 20.4 Å². The number of hydrogen-bond acceptors (Lipinski definition) is 2. The van der Waals surface area contributed by atoms with Gasteiger partial charge in [-0.3, -0.25) is 4.79 Å². The quantitative estimate of drug-likeness (QED) is 0.818. The van der Waals surface area contributed by atoms with Gasteiger partial charge < -0.3 is 10.2 Å². The van der Waals surface area contributed by atoms with Crippen LogP contribution >= 0.6 is 0 Å². The Hall–Kier alpha value is -1.35. The molecule has 0 aliphatic carbocycles. The first-order valence-corrected chi connectivity index (χ1v) is 5.17. The van der Waals surface area contributed by atoms with Gasteiger partial charge >= 0.3 is 0 Å². The van der Waals surface area contributed by atoms with Gasteiger partial charge in [-0.2, -0.15) is 0 Å². The van der Waals surface area contributed by atoms with E-state index < -0.39 is 0 Å². The van der Waals surface area contributed by atoms with E-state index in [2.05, 4.69) is 24.2 Å². The Bertz CT molecular complexity index is 319. The number of rotatable bonds is 4. The maximum Gasteiger partial charge on any atom is 0.221 e. The molecule has 0 aliphatic heterocycles. The van der Waals surface area contributed by atoms with Crippen LogP contribution in [0.1, 0.15) is 19.4 Å². The normalized spacial score (nSPS) is 10.4. The van der Waals surface area contributed by atoms with Gasteiger partial charge in [0.1, 0.15) is 0 Å². The zero-order chi connectivity index (χ0) is 11.3. The van der Waals surface area contributed by atoms with Gasteiger partial charge in [0.25, 0.3) is 0 Å². The van der Waals surface area contributed by atoms with E-state index in [0.717, 1.165) is 18.8 Å². The van der Waals surface area contributed by atoms with Gasteiger partial charge in [0.05, 0.1) is 0 Å². The van der Waals surface area contributed by atoms with Gasteiger partial charge in [0.15, 0.2) is 0 Å². The van der Waals surface area contributed by atoms with Gasteiger partial charge in [-0.1, -0.05) is 19.1 Å². The van der Waals surface area contributed by atoms with Crippen LogP contribution in [0.2, 0.25) is 0 Å². The van der Waals surface area contributed by atoms with Crippen LogP contribution in [0.15, 0.2) is 24.3 Å². The van der Waals surface area contributed by atoms with E-state index in [1.54, 1.807) is 0 Å². The molecule has 3 nitrogen and oxygen atoms in total. The molecule has 1 rings (SSSR count). The molecular weight excluding hydrogens is 188 g/mol. The molecule has 0 unspecified atom stereocenters. The number of nitrogens with one attached hydrogen (secondary N) is 1. The minimum Gasteiger partial charge on any atom is -0.326 e. The number of hydrogen-bond donors (Lipinski definition) is 1. The lowest BCUT2D eigenvalue weighted by Crippen LogP contribution is -2.16. The van der Waals surface area contributed by atoms with Crippen molar-refractivity contribution in [3.05, 3.63) is 29.8 Å². The van der Waals surface area contributed by atoms with Crippen molar-refractivity contribution in [1.82, 2.24) is 4.90 Å². The molecule has 3 heteroatoms. The van der Waals surface area contributed by atoms with Crippen molar-refractivity contribution in [2.75, 3.05) is 18.9 Å². The summed E-state index contributed by atoms with van der Waals surface area (Å²) in [6.45, 7) is 5.62. The number of carbonyl (C=O) groups is 1. The third-order valence-corrected chi connectivity index (χ3v) is 2.27. The van der Waals surface area contributed by atoms with Crippen LogP contribution in [0.3, 0.4) is 0 Å². The van der Waals surface area contributed by atoms with E-state index in [-0.39, 0.29) is 5.91 Å². The molecule has 1 amide bonds. The second-order valence-electron chi connectivity index (χ2n) is 3.71. The number of anilines is 1. The Morgan fingerprint density at radius 2 is 1.93 bits per heavy atom. The molecule has 0 aromatic heterocycles. The first-order valence-electron chi connectivity index (χ1n) is 5.17.